The van der Waals surface area contributed by atoms with E-state index >= 15 is 0 Å². The van der Waals surface area contributed by atoms with Crippen LogP contribution in [0.5, 0.6) is 5.75 Å². The number of hydrogen-bond donors (Lipinski definition) is 3. The smallest absolute Gasteiger partial charge is 0.317 e. The number of piperidine rings is 1. The van der Waals surface area contributed by atoms with E-state index in [0.29, 0.717) is 34.2 Å². The third-order valence-corrected chi connectivity index (χ3v) is 5.19. The Morgan fingerprint density at radius 2 is 2.17 bits per heavy atom. The van der Waals surface area contributed by atoms with Gasteiger partial charge in [-0.3, -0.25) is 14.7 Å². The average Bonchev–Trinajstić information content (AvgIpc) is 2.69. The summed E-state index contributed by atoms with van der Waals surface area (Å²) < 4.78 is 0. The molecule has 2 aromatic heterocycles. The molecule has 4 rings (SSSR count). The first-order valence-corrected chi connectivity index (χ1v) is 9.70. The predicted octanol–water partition coefficient (Wildman–Crippen LogP) is 3.01. The van der Waals surface area contributed by atoms with Gasteiger partial charge < -0.3 is 15.5 Å². The van der Waals surface area contributed by atoms with Gasteiger partial charge in [-0.2, -0.15) is 0 Å². The van der Waals surface area contributed by atoms with Crippen LogP contribution in [-0.4, -0.2) is 61.9 Å². The Morgan fingerprint density at radius 3 is 2.97 bits per heavy atom. The van der Waals surface area contributed by atoms with E-state index < -0.39 is 5.97 Å². The Bertz CT molecular complexity index is 1060. The number of anilines is 1. The Balaban J connectivity index is 1.66. The number of phenols is 1. The fourth-order valence-corrected chi connectivity index (χ4v) is 3.86. The number of carboxylic acid groups (broad SMARTS) is 1. The highest BCUT2D eigenvalue weighted by Crippen LogP contribution is 2.35. The second kappa shape index (κ2) is 8.18. The van der Waals surface area contributed by atoms with Crippen molar-refractivity contribution in [3.8, 4) is 17.0 Å². The van der Waals surface area contributed by atoms with E-state index in [4.69, 9.17) is 16.7 Å². The van der Waals surface area contributed by atoms with Gasteiger partial charge in [-0.1, -0.05) is 11.6 Å². The zero-order valence-corrected chi connectivity index (χ0v) is 16.3. The standard InChI is InChI=1S/C20H20ClN5O3/c21-12-5-6-14(16(27)9-12)18-15-4-1-7-22-19(15)20(25-24-18)23-13-3-2-8-26(10-13)11-17(28)29/h1,4-7,9,13,27H,2-3,8,10-11H2,(H,23,25)(H,28,29). The number of aromatic hydroxyl groups is 1. The number of phenolic OH excluding ortho intramolecular Hbond substituents is 1. The molecule has 1 aromatic carbocycles. The van der Waals surface area contributed by atoms with Crippen molar-refractivity contribution in [3.63, 3.8) is 0 Å². The van der Waals surface area contributed by atoms with Gasteiger partial charge in [0.1, 0.15) is 17.0 Å². The summed E-state index contributed by atoms with van der Waals surface area (Å²) >= 11 is 5.94. The second-order valence-electron chi connectivity index (χ2n) is 7.07. The topological polar surface area (TPSA) is 111 Å². The molecule has 29 heavy (non-hydrogen) atoms. The van der Waals surface area contributed by atoms with Gasteiger partial charge in [0.15, 0.2) is 5.82 Å². The first kappa shape index (κ1) is 19.4. The first-order valence-electron chi connectivity index (χ1n) is 9.32. The van der Waals surface area contributed by atoms with Gasteiger partial charge in [-0.05, 0) is 49.7 Å². The van der Waals surface area contributed by atoms with E-state index in [-0.39, 0.29) is 18.3 Å². The van der Waals surface area contributed by atoms with Crippen LogP contribution in [0.15, 0.2) is 36.5 Å². The molecule has 8 nitrogen and oxygen atoms in total. The third-order valence-electron chi connectivity index (χ3n) is 4.96. The van der Waals surface area contributed by atoms with Crippen molar-refractivity contribution >= 4 is 34.3 Å². The molecule has 0 saturated carbocycles. The molecule has 0 amide bonds. The lowest BCUT2D eigenvalue weighted by Crippen LogP contribution is -2.44. The van der Waals surface area contributed by atoms with Crippen molar-refractivity contribution in [2.45, 2.75) is 18.9 Å². The number of likely N-dealkylation sites (tertiary alicyclic amines) is 1. The minimum Gasteiger partial charge on any atom is -0.507 e. The minimum atomic E-state index is -0.829. The number of aromatic nitrogens is 3. The van der Waals surface area contributed by atoms with Crippen molar-refractivity contribution in [1.29, 1.82) is 0 Å². The number of pyridine rings is 1. The monoisotopic (exact) mass is 413 g/mol. The summed E-state index contributed by atoms with van der Waals surface area (Å²) in [7, 11) is 0. The van der Waals surface area contributed by atoms with Crippen LogP contribution in [-0.2, 0) is 4.79 Å². The maximum atomic E-state index is 11.0. The average molecular weight is 414 g/mol. The van der Waals surface area contributed by atoms with Crippen LogP contribution in [0.3, 0.4) is 0 Å². The van der Waals surface area contributed by atoms with E-state index in [0.717, 1.165) is 24.8 Å². The van der Waals surface area contributed by atoms with Crippen LogP contribution in [0.2, 0.25) is 5.02 Å². The molecular weight excluding hydrogens is 394 g/mol. The van der Waals surface area contributed by atoms with E-state index in [1.54, 1.807) is 24.4 Å². The number of rotatable bonds is 5. The van der Waals surface area contributed by atoms with E-state index in [1.807, 2.05) is 11.0 Å². The molecule has 1 aliphatic heterocycles. The molecule has 0 bridgehead atoms. The Labute approximate surface area is 172 Å². The van der Waals surface area contributed by atoms with Crippen LogP contribution in [0.4, 0.5) is 5.82 Å². The van der Waals surface area contributed by atoms with Gasteiger partial charge in [0.25, 0.3) is 0 Å². The maximum Gasteiger partial charge on any atom is 0.317 e. The Kier molecular flexibility index (Phi) is 5.46. The number of nitrogens with zero attached hydrogens (tertiary/aromatic N) is 4. The number of hydrogen-bond acceptors (Lipinski definition) is 7. The molecule has 1 saturated heterocycles. The van der Waals surface area contributed by atoms with Gasteiger partial charge in [0.05, 0.1) is 6.54 Å². The van der Waals surface area contributed by atoms with Gasteiger partial charge in [0.2, 0.25) is 0 Å². The molecule has 3 N–H and O–H groups in total. The summed E-state index contributed by atoms with van der Waals surface area (Å²) in [4.78, 5) is 17.4. The number of halogens is 1. The molecule has 1 aliphatic rings. The number of nitrogens with one attached hydrogen (secondary N) is 1. The summed E-state index contributed by atoms with van der Waals surface area (Å²) in [6, 6.07) is 8.59. The summed E-state index contributed by atoms with van der Waals surface area (Å²) in [6.45, 7) is 1.41. The number of benzene rings is 1. The molecule has 3 aromatic rings. The maximum absolute atomic E-state index is 11.0. The number of carbonyl (C=O) groups is 1. The minimum absolute atomic E-state index is 0.0225. The fraction of sp³-hybridized carbons (Fsp3) is 0.300. The lowest BCUT2D eigenvalue weighted by Gasteiger charge is -2.32. The zero-order chi connectivity index (χ0) is 20.4. The normalized spacial score (nSPS) is 17.3. The SMILES string of the molecule is O=C(O)CN1CCCC(Nc2nnc(-c3ccc(Cl)cc3O)c3cccnc23)C1. The molecule has 0 radical (unpaired) electrons. The van der Waals surface area contributed by atoms with Gasteiger partial charge in [-0.25, -0.2) is 0 Å². The highest BCUT2D eigenvalue weighted by molar-refractivity contribution is 6.30. The highest BCUT2D eigenvalue weighted by Gasteiger charge is 2.23. The van der Waals surface area contributed by atoms with Crippen molar-refractivity contribution in [2.75, 3.05) is 25.0 Å². The third kappa shape index (κ3) is 4.23. The van der Waals surface area contributed by atoms with E-state index in [1.165, 1.54) is 6.07 Å². The van der Waals surface area contributed by atoms with Crippen molar-refractivity contribution < 1.29 is 15.0 Å². The van der Waals surface area contributed by atoms with Crippen LogP contribution < -0.4 is 5.32 Å². The van der Waals surface area contributed by atoms with Gasteiger partial charge in [0, 0.05) is 34.8 Å². The molecule has 0 aliphatic carbocycles. The molecule has 9 heteroatoms. The van der Waals surface area contributed by atoms with Crippen LogP contribution >= 0.6 is 11.6 Å². The van der Waals surface area contributed by atoms with Crippen molar-refractivity contribution in [1.82, 2.24) is 20.1 Å². The predicted molar refractivity (Wildman–Crippen MR) is 110 cm³/mol. The van der Waals surface area contributed by atoms with E-state index in [2.05, 4.69) is 20.5 Å². The van der Waals surface area contributed by atoms with Crippen LogP contribution in [0.1, 0.15) is 12.8 Å². The summed E-state index contributed by atoms with van der Waals surface area (Å²) in [5.41, 5.74) is 1.68. The second-order valence-corrected chi connectivity index (χ2v) is 7.51. The van der Waals surface area contributed by atoms with Gasteiger partial charge >= 0.3 is 5.97 Å². The molecule has 0 spiro atoms. The quantitative estimate of drug-likeness (QED) is 0.585. The Morgan fingerprint density at radius 1 is 1.31 bits per heavy atom. The number of aliphatic carboxylic acids is 1. The molecule has 1 unspecified atom stereocenters. The zero-order valence-electron chi connectivity index (χ0n) is 15.5. The largest absolute Gasteiger partial charge is 0.507 e. The summed E-state index contributed by atoms with van der Waals surface area (Å²) in [5.74, 6) is -0.265. The highest BCUT2D eigenvalue weighted by atomic mass is 35.5. The first-order chi connectivity index (χ1) is 14.0. The van der Waals surface area contributed by atoms with Crippen LogP contribution in [0, 0.1) is 0 Å². The number of fused-ring (bicyclic) bond motifs is 1. The van der Waals surface area contributed by atoms with E-state index in [9.17, 15) is 9.90 Å². The van der Waals surface area contributed by atoms with Crippen molar-refractivity contribution in [2.24, 2.45) is 0 Å². The fourth-order valence-electron chi connectivity index (χ4n) is 3.69. The summed E-state index contributed by atoms with van der Waals surface area (Å²) in [6.07, 6.45) is 3.49. The van der Waals surface area contributed by atoms with Crippen molar-refractivity contribution in [3.05, 3.63) is 41.6 Å². The molecule has 150 valence electrons. The molecular formula is C20H20ClN5O3. The Hall–Kier alpha value is -2.97. The van der Waals surface area contributed by atoms with Gasteiger partial charge in [-0.15, -0.1) is 10.2 Å². The van der Waals surface area contributed by atoms with Crippen LogP contribution in [0.25, 0.3) is 22.2 Å². The number of carboxylic acids is 1. The molecule has 1 fully saturated rings. The summed E-state index contributed by atoms with van der Waals surface area (Å²) in [5, 5.41) is 32.6. The lowest BCUT2D eigenvalue weighted by atomic mass is 10.0. The molecule has 1 atom stereocenters. The molecule has 3 heterocycles. The lowest BCUT2D eigenvalue weighted by molar-refractivity contribution is -0.138.